The Bertz CT molecular complexity index is 839. The highest BCUT2D eigenvalue weighted by Gasteiger charge is 2.10. The molecular weight excluding hydrogens is 293 g/mol. The van der Waals surface area contributed by atoms with Gasteiger partial charge in [-0.3, -0.25) is 0 Å². The van der Waals surface area contributed by atoms with Crippen molar-refractivity contribution in [1.82, 2.24) is 9.97 Å². The van der Waals surface area contributed by atoms with Crippen molar-refractivity contribution in [2.45, 2.75) is 0 Å². The summed E-state index contributed by atoms with van der Waals surface area (Å²) in [7, 11) is 1.41. The number of nitrogens with two attached hydrogens (primary N) is 1. The van der Waals surface area contributed by atoms with Crippen molar-refractivity contribution in [1.29, 1.82) is 0 Å². The molecule has 0 atom stereocenters. The molecule has 0 aliphatic carbocycles. The molecule has 6 heteroatoms. The average Bonchev–Trinajstić information content (AvgIpc) is 2.47. The number of fused-ring (bicyclic) bond motifs is 1. The highest BCUT2D eigenvalue weighted by molar-refractivity contribution is 6.31. The van der Waals surface area contributed by atoms with E-state index in [4.69, 9.17) is 22.1 Å². The summed E-state index contributed by atoms with van der Waals surface area (Å²) in [5.74, 6) is 0.338. The van der Waals surface area contributed by atoms with Gasteiger partial charge in [-0.05, 0) is 36.4 Å². The van der Waals surface area contributed by atoms with E-state index in [2.05, 4.69) is 9.97 Å². The molecule has 2 N–H and O–H groups in total. The van der Waals surface area contributed by atoms with Gasteiger partial charge in [-0.1, -0.05) is 11.6 Å². The Morgan fingerprint density at radius 3 is 2.67 bits per heavy atom. The smallest absolute Gasteiger partial charge is 0.165 e. The van der Waals surface area contributed by atoms with Crippen molar-refractivity contribution < 1.29 is 9.13 Å². The van der Waals surface area contributed by atoms with E-state index < -0.39 is 5.82 Å². The van der Waals surface area contributed by atoms with Crippen LogP contribution in [-0.2, 0) is 0 Å². The quantitative estimate of drug-likeness (QED) is 0.784. The maximum absolute atomic E-state index is 13.8. The molecule has 4 nitrogen and oxygen atoms in total. The number of hydrogen-bond donors (Lipinski definition) is 1. The molecule has 2 aromatic carbocycles. The van der Waals surface area contributed by atoms with Gasteiger partial charge in [0.25, 0.3) is 0 Å². The van der Waals surface area contributed by atoms with Gasteiger partial charge in [-0.15, -0.1) is 0 Å². The molecule has 21 heavy (non-hydrogen) atoms. The number of halogens is 2. The Morgan fingerprint density at radius 1 is 1.14 bits per heavy atom. The predicted octanol–water partition coefficient (Wildman–Crippen LogP) is 3.68. The van der Waals surface area contributed by atoms with Crippen LogP contribution in [-0.4, -0.2) is 17.1 Å². The molecule has 0 aliphatic rings. The summed E-state index contributed by atoms with van der Waals surface area (Å²) in [6.45, 7) is 0. The van der Waals surface area contributed by atoms with E-state index in [-0.39, 0.29) is 5.75 Å². The second-order valence-corrected chi connectivity index (χ2v) is 4.88. The number of rotatable bonds is 2. The van der Waals surface area contributed by atoms with Crippen LogP contribution in [0.25, 0.3) is 22.3 Å². The van der Waals surface area contributed by atoms with Crippen molar-refractivity contribution in [2.75, 3.05) is 12.8 Å². The molecule has 3 aromatic rings. The van der Waals surface area contributed by atoms with Gasteiger partial charge in [0, 0.05) is 16.0 Å². The van der Waals surface area contributed by atoms with E-state index in [9.17, 15) is 4.39 Å². The maximum atomic E-state index is 13.8. The number of nitrogen functional groups attached to an aromatic ring is 1. The molecule has 0 amide bonds. The van der Waals surface area contributed by atoms with Crippen LogP contribution in [0.3, 0.4) is 0 Å². The van der Waals surface area contributed by atoms with E-state index in [0.29, 0.717) is 33.1 Å². The normalized spacial score (nSPS) is 10.8. The van der Waals surface area contributed by atoms with Crippen molar-refractivity contribution in [3.05, 3.63) is 47.2 Å². The Kier molecular flexibility index (Phi) is 3.35. The SMILES string of the molecule is COc1ccc(-c2nc(N)c3cc(Cl)ccc3n2)cc1F. The van der Waals surface area contributed by atoms with E-state index in [1.54, 1.807) is 24.3 Å². The van der Waals surface area contributed by atoms with E-state index in [0.717, 1.165) is 0 Å². The van der Waals surface area contributed by atoms with Gasteiger partial charge in [0.1, 0.15) is 5.82 Å². The monoisotopic (exact) mass is 303 g/mol. The summed E-state index contributed by atoms with van der Waals surface area (Å²) in [5, 5.41) is 1.22. The zero-order valence-electron chi connectivity index (χ0n) is 11.1. The zero-order valence-corrected chi connectivity index (χ0v) is 11.9. The van der Waals surface area contributed by atoms with Gasteiger partial charge in [0.15, 0.2) is 17.4 Å². The first-order valence-corrected chi connectivity index (χ1v) is 6.53. The molecule has 0 unspecified atom stereocenters. The molecule has 106 valence electrons. The highest BCUT2D eigenvalue weighted by atomic mass is 35.5. The summed E-state index contributed by atoms with van der Waals surface area (Å²) >= 11 is 5.93. The molecule has 0 saturated heterocycles. The lowest BCUT2D eigenvalue weighted by molar-refractivity contribution is 0.386. The number of nitrogens with zero attached hydrogens (tertiary/aromatic N) is 2. The van der Waals surface area contributed by atoms with Crippen LogP contribution in [0.5, 0.6) is 5.75 Å². The van der Waals surface area contributed by atoms with Gasteiger partial charge in [-0.2, -0.15) is 0 Å². The highest BCUT2D eigenvalue weighted by Crippen LogP contribution is 2.27. The second kappa shape index (κ2) is 5.18. The molecule has 0 saturated carbocycles. The van der Waals surface area contributed by atoms with Crippen molar-refractivity contribution >= 4 is 28.3 Å². The van der Waals surface area contributed by atoms with Gasteiger partial charge >= 0.3 is 0 Å². The van der Waals surface area contributed by atoms with Gasteiger partial charge in [0.2, 0.25) is 0 Å². The lowest BCUT2D eigenvalue weighted by atomic mass is 10.1. The summed E-state index contributed by atoms with van der Waals surface area (Å²) in [6, 6.07) is 9.68. The third-order valence-corrected chi connectivity index (χ3v) is 3.33. The summed E-state index contributed by atoms with van der Waals surface area (Å²) in [4.78, 5) is 8.60. The molecule has 0 aliphatic heterocycles. The average molecular weight is 304 g/mol. The zero-order chi connectivity index (χ0) is 15.0. The summed E-state index contributed by atoms with van der Waals surface area (Å²) in [5.41, 5.74) is 7.11. The number of hydrogen-bond acceptors (Lipinski definition) is 4. The van der Waals surface area contributed by atoms with Gasteiger partial charge in [0.05, 0.1) is 12.6 Å². The van der Waals surface area contributed by atoms with Crippen LogP contribution in [0.15, 0.2) is 36.4 Å². The number of anilines is 1. The van der Waals surface area contributed by atoms with Crippen molar-refractivity contribution in [3.8, 4) is 17.1 Å². The van der Waals surface area contributed by atoms with Crippen LogP contribution in [0, 0.1) is 5.82 Å². The lowest BCUT2D eigenvalue weighted by Gasteiger charge is -2.07. The Morgan fingerprint density at radius 2 is 1.95 bits per heavy atom. The molecule has 3 rings (SSSR count). The second-order valence-electron chi connectivity index (χ2n) is 4.44. The first kappa shape index (κ1) is 13.6. The molecule has 1 aromatic heterocycles. The fourth-order valence-electron chi connectivity index (χ4n) is 2.06. The number of methoxy groups -OCH3 is 1. The summed E-state index contributed by atoms with van der Waals surface area (Å²) in [6.07, 6.45) is 0. The molecule has 0 spiro atoms. The van der Waals surface area contributed by atoms with E-state index in [1.807, 2.05) is 0 Å². The summed E-state index contributed by atoms with van der Waals surface area (Å²) < 4.78 is 18.7. The standard InChI is InChI=1S/C15H11ClFN3O/c1-21-13-5-2-8(6-11(13)17)15-19-12-4-3-9(16)7-10(12)14(18)20-15/h2-7H,1H3,(H2,18,19,20). The number of aromatic nitrogens is 2. The minimum atomic E-state index is -0.478. The maximum Gasteiger partial charge on any atom is 0.165 e. The van der Waals surface area contributed by atoms with Gasteiger partial charge < -0.3 is 10.5 Å². The molecule has 0 bridgehead atoms. The fourth-order valence-corrected chi connectivity index (χ4v) is 2.23. The molecule has 1 heterocycles. The minimum Gasteiger partial charge on any atom is -0.494 e. The predicted molar refractivity (Wildman–Crippen MR) is 80.9 cm³/mol. The topological polar surface area (TPSA) is 61.0 Å². The van der Waals surface area contributed by atoms with Crippen molar-refractivity contribution in [3.63, 3.8) is 0 Å². The Labute approximate surface area is 125 Å². The Balaban J connectivity index is 2.17. The third-order valence-electron chi connectivity index (χ3n) is 3.10. The third kappa shape index (κ3) is 2.48. The van der Waals surface area contributed by atoms with Crippen LogP contribution in [0.4, 0.5) is 10.2 Å². The number of ether oxygens (including phenoxy) is 1. The first-order valence-electron chi connectivity index (χ1n) is 6.15. The molecule has 0 radical (unpaired) electrons. The van der Waals surface area contributed by atoms with Crippen LogP contribution >= 0.6 is 11.6 Å². The first-order chi connectivity index (χ1) is 10.1. The lowest BCUT2D eigenvalue weighted by Crippen LogP contribution is -1.98. The van der Waals surface area contributed by atoms with Crippen LogP contribution in [0.2, 0.25) is 5.02 Å². The van der Waals surface area contributed by atoms with E-state index in [1.165, 1.54) is 19.2 Å². The Hall–Kier alpha value is -2.40. The van der Waals surface area contributed by atoms with Crippen LogP contribution < -0.4 is 10.5 Å². The number of benzene rings is 2. The fraction of sp³-hybridized carbons (Fsp3) is 0.0667. The molecule has 0 fully saturated rings. The minimum absolute atomic E-state index is 0.166. The van der Waals surface area contributed by atoms with Crippen LogP contribution in [0.1, 0.15) is 0 Å². The van der Waals surface area contributed by atoms with E-state index >= 15 is 0 Å². The van der Waals surface area contributed by atoms with Gasteiger partial charge in [-0.25, -0.2) is 14.4 Å². The molecular formula is C15H11ClFN3O. The largest absolute Gasteiger partial charge is 0.494 e. The van der Waals surface area contributed by atoms with Crippen molar-refractivity contribution in [2.24, 2.45) is 0 Å².